The summed E-state index contributed by atoms with van der Waals surface area (Å²) >= 11 is 0. The van der Waals surface area contributed by atoms with E-state index in [1.165, 1.54) is 28.0 Å². The van der Waals surface area contributed by atoms with E-state index in [1.54, 1.807) is 0 Å². The topological polar surface area (TPSA) is 53.8 Å². The molecule has 0 saturated heterocycles. The van der Waals surface area contributed by atoms with Crippen LogP contribution in [0.1, 0.15) is 29.5 Å². The highest BCUT2D eigenvalue weighted by Crippen LogP contribution is 2.24. The van der Waals surface area contributed by atoms with Crippen LogP contribution in [0.3, 0.4) is 0 Å². The molecule has 1 unspecified atom stereocenters. The first-order valence-corrected chi connectivity index (χ1v) is 9.14. The first-order valence-electron chi connectivity index (χ1n) is 9.14. The van der Waals surface area contributed by atoms with Crippen LogP contribution < -0.4 is 10.2 Å². The molecule has 3 N–H and O–H groups in total. The lowest BCUT2D eigenvalue weighted by Gasteiger charge is -2.18. The smallest absolute Gasteiger partial charge is 0.230 e. The number of quaternary nitrogens is 1. The van der Waals surface area contributed by atoms with Crippen molar-refractivity contribution in [1.29, 1.82) is 0 Å². The molecule has 2 aromatic carbocycles. The summed E-state index contributed by atoms with van der Waals surface area (Å²) in [5.74, 6) is 0.0430. The highest BCUT2D eigenvalue weighted by Gasteiger charge is 2.14. The minimum atomic E-state index is 0.0430. The number of nitrogens with one attached hydrogen (secondary N) is 2. The van der Waals surface area contributed by atoms with E-state index in [0.29, 0.717) is 19.5 Å². The van der Waals surface area contributed by atoms with Crippen molar-refractivity contribution >= 4 is 11.6 Å². The molecule has 132 valence electrons. The minimum Gasteiger partial charge on any atom is -0.391 e. The molecule has 3 rings (SSSR count). The molecule has 1 atom stereocenters. The largest absolute Gasteiger partial charge is 0.391 e. The van der Waals surface area contributed by atoms with Crippen LogP contribution in [-0.4, -0.2) is 30.7 Å². The Labute approximate surface area is 149 Å². The molecular formula is C21H27N2O2+. The van der Waals surface area contributed by atoms with Crippen LogP contribution in [0.5, 0.6) is 0 Å². The highest BCUT2D eigenvalue weighted by atomic mass is 16.3. The third-order valence-corrected chi connectivity index (χ3v) is 4.85. The fourth-order valence-electron chi connectivity index (χ4n) is 3.51. The van der Waals surface area contributed by atoms with Crippen molar-refractivity contribution in [1.82, 2.24) is 0 Å². The molecule has 0 heterocycles. The number of aliphatic hydroxyl groups excluding tert-OH is 1. The highest BCUT2D eigenvalue weighted by molar-refractivity contribution is 5.90. The number of rotatable bonds is 8. The SMILES string of the molecule is O=C(CC[NH+](CCO)Cc1ccccc1)Nc1ccc2c(c1)CCC2. The second-order valence-electron chi connectivity index (χ2n) is 6.77. The maximum atomic E-state index is 12.3. The number of benzene rings is 2. The number of hydrogen-bond donors (Lipinski definition) is 3. The Balaban J connectivity index is 1.51. The first kappa shape index (κ1) is 17.6. The summed E-state index contributed by atoms with van der Waals surface area (Å²) in [4.78, 5) is 13.5. The van der Waals surface area contributed by atoms with Crippen molar-refractivity contribution < 1.29 is 14.8 Å². The van der Waals surface area contributed by atoms with Gasteiger partial charge in [-0.05, 0) is 42.5 Å². The van der Waals surface area contributed by atoms with Crippen LogP contribution in [0.15, 0.2) is 48.5 Å². The molecule has 0 radical (unpaired) electrons. The number of aliphatic hydroxyl groups is 1. The summed E-state index contributed by atoms with van der Waals surface area (Å²) in [6.07, 6.45) is 3.94. The van der Waals surface area contributed by atoms with Gasteiger partial charge in [-0.2, -0.15) is 0 Å². The maximum absolute atomic E-state index is 12.3. The molecule has 0 fully saturated rings. The van der Waals surface area contributed by atoms with E-state index in [0.717, 1.165) is 25.1 Å². The number of carbonyl (C=O) groups is 1. The van der Waals surface area contributed by atoms with E-state index in [4.69, 9.17) is 0 Å². The number of hydrogen-bond acceptors (Lipinski definition) is 2. The Hall–Kier alpha value is -2.17. The second-order valence-corrected chi connectivity index (χ2v) is 6.77. The molecule has 0 bridgehead atoms. The molecule has 0 aliphatic heterocycles. The van der Waals surface area contributed by atoms with Crippen molar-refractivity contribution in [2.75, 3.05) is 25.0 Å². The number of anilines is 1. The van der Waals surface area contributed by atoms with Gasteiger partial charge in [-0.15, -0.1) is 0 Å². The van der Waals surface area contributed by atoms with Crippen molar-refractivity contribution in [3.8, 4) is 0 Å². The van der Waals surface area contributed by atoms with Gasteiger partial charge in [0.1, 0.15) is 13.1 Å². The van der Waals surface area contributed by atoms with Crippen molar-refractivity contribution in [2.24, 2.45) is 0 Å². The normalized spacial score (nSPS) is 14.1. The summed E-state index contributed by atoms with van der Waals surface area (Å²) in [5.41, 5.74) is 4.91. The monoisotopic (exact) mass is 339 g/mol. The molecule has 25 heavy (non-hydrogen) atoms. The summed E-state index contributed by atoms with van der Waals surface area (Å²) < 4.78 is 0. The van der Waals surface area contributed by atoms with Gasteiger partial charge in [0.25, 0.3) is 0 Å². The first-order chi connectivity index (χ1) is 12.2. The van der Waals surface area contributed by atoms with Crippen molar-refractivity contribution in [3.05, 3.63) is 65.2 Å². The molecule has 0 aromatic heterocycles. The molecular weight excluding hydrogens is 312 g/mol. The maximum Gasteiger partial charge on any atom is 0.230 e. The fraction of sp³-hybridized carbons (Fsp3) is 0.381. The molecule has 4 heteroatoms. The van der Waals surface area contributed by atoms with Crippen LogP contribution in [0.2, 0.25) is 0 Å². The molecule has 0 saturated carbocycles. The molecule has 1 amide bonds. The summed E-state index contributed by atoms with van der Waals surface area (Å²) in [5, 5.41) is 12.3. The summed E-state index contributed by atoms with van der Waals surface area (Å²) in [7, 11) is 0. The van der Waals surface area contributed by atoms with E-state index in [-0.39, 0.29) is 12.5 Å². The van der Waals surface area contributed by atoms with E-state index >= 15 is 0 Å². The Bertz CT molecular complexity index is 700. The second kappa shape index (κ2) is 8.79. The van der Waals surface area contributed by atoms with Crippen molar-refractivity contribution in [3.63, 3.8) is 0 Å². The van der Waals surface area contributed by atoms with Gasteiger partial charge in [0.05, 0.1) is 19.6 Å². The summed E-state index contributed by atoms with van der Waals surface area (Å²) in [6, 6.07) is 16.5. The Morgan fingerprint density at radius 2 is 1.84 bits per heavy atom. The lowest BCUT2D eigenvalue weighted by atomic mass is 10.1. The van der Waals surface area contributed by atoms with Crippen LogP contribution in [-0.2, 0) is 24.2 Å². The van der Waals surface area contributed by atoms with Crippen LogP contribution >= 0.6 is 0 Å². The van der Waals surface area contributed by atoms with Crippen molar-refractivity contribution in [2.45, 2.75) is 32.2 Å². The Morgan fingerprint density at radius 3 is 2.64 bits per heavy atom. The number of aryl methyl sites for hydroxylation is 2. The molecule has 1 aliphatic carbocycles. The van der Waals surface area contributed by atoms with Crippen LogP contribution in [0, 0.1) is 0 Å². The van der Waals surface area contributed by atoms with E-state index in [1.807, 2.05) is 24.3 Å². The number of amides is 1. The van der Waals surface area contributed by atoms with E-state index < -0.39 is 0 Å². The van der Waals surface area contributed by atoms with Gasteiger partial charge in [0.15, 0.2) is 0 Å². The number of fused-ring (bicyclic) bond motifs is 1. The fourth-order valence-corrected chi connectivity index (χ4v) is 3.51. The van der Waals surface area contributed by atoms with Gasteiger partial charge in [0.2, 0.25) is 5.91 Å². The van der Waals surface area contributed by atoms with Gasteiger partial charge >= 0.3 is 0 Å². The average molecular weight is 339 g/mol. The van der Waals surface area contributed by atoms with Gasteiger partial charge < -0.3 is 15.3 Å². The molecule has 0 spiro atoms. The predicted octanol–water partition coefficient (Wildman–Crippen LogP) is 1.58. The number of carbonyl (C=O) groups excluding carboxylic acids is 1. The average Bonchev–Trinajstić information content (AvgIpc) is 3.08. The quantitative estimate of drug-likeness (QED) is 0.684. The lowest BCUT2D eigenvalue weighted by Crippen LogP contribution is -3.11. The Morgan fingerprint density at radius 1 is 1.04 bits per heavy atom. The third kappa shape index (κ3) is 5.15. The van der Waals surface area contributed by atoms with Gasteiger partial charge in [0, 0.05) is 11.3 Å². The molecule has 1 aliphatic rings. The zero-order chi connectivity index (χ0) is 17.5. The van der Waals surface area contributed by atoms with E-state index in [2.05, 4.69) is 29.6 Å². The standard InChI is InChI=1S/C21H26N2O2/c24-14-13-23(16-17-5-2-1-3-6-17)12-11-21(25)22-20-10-9-18-7-4-8-19(18)15-20/h1-3,5-6,9-10,15,24H,4,7-8,11-14,16H2,(H,22,25)/p+1. The Kier molecular flexibility index (Phi) is 6.20. The third-order valence-electron chi connectivity index (χ3n) is 4.85. The zero-order valence-corrected chi connectivity index (χ0v) is 14.6. The van der Waals surface area contributed by atoms with Crippen LogP contribution in [0.25, 0.3) is 0 Å². The van der Waals surface area contributed by atoms with Gasteiger partial charge in [-0.3, -0.25) is 4.79 Å². The molecule has 4 nitrogen and oxygen atoms in total. The molecule has 2 aromatic rings. The van der Waals surface area contributed by atoms with Crippen LogP contribution in [0.4, 0.5) is 5.69 Å². The van der Waals surface area contributed by atoms with Gasteiger partial charge in [-0.1, -0.05) is 36.4 Å². The minimum absolute atomic E-state index is 0.0430. The van der Waals surface area contributed by atoms with E-state index in [9.17, 15) is 9.90 Å². The zero-order valence-electron chi connectivity index (χ0n) is 14.6. The lowest BCUT2D eigenvalue weighted by molar-refractivity contribution is -0.913. The predicted molar refractivity (Wildman–Crippen MR) is 99.6 cm³/mol. The van der Waals surface area contributed by atoms with Gasteiger partial charge in [-0.25, -0.2) is 0 Å². The summed E-state index contributed by atoms with van der Waals surface area (Å²) in [6.45, 7) is 2.33.